The molecule has 1 aromatic carbocycles. The Morgan fingerprint density at radius 2 is 1.89 bits per heavy atom. The number of aromatic nitrogens is 1. The van der Waals surface area contributed by atoms with Crippen molar-refractivity contribution in [1.29, 1.82) is 0 Å². The third-order valence-electron chi connectivity index (χ3n) is 5.35. The highest BCUT2D eigenvalue weighted by Crippen LogP contribution is 2.32. The first kappa shape index (κ1) is 19.0. The van der Waals surface area contributed by atoms with E-state index >= 15 is 0 Å². The average molecular weight is 397 g/mol. The van der Waals surface area contributed by atoms with Crippen LogP contribution in [0.2, 0.25) is 0 Å². The van der Waals surface area contributed by atoms with Gasteiger partial charge in [0.2, 0.25) is 5.91 Å². The summed E-state index contributed by atoms with van der Waals surface area (Å²) in [5.74, 6) is 0.183. The van der Waals surface area contributed by atoms with Crippen LogP contribution in [0.15, 0.2) is 22.6 Å². The molecule has 0 bridgehead atoms. The maximum atomic E-state index is 12.9. The molecule has 2 aromatic rings. The van der Waals surface area contributed by atoms with Gasteiger partial charge in [-0.25, -0.2) is 0 Å². The molecule has 1 amide bonds. The third kappa shape index (κ3) is 3.94. The lowest BCUT2D eigenvalue weighted by molar-refractivity contribution is -0.138. The Hall–Kier alpha value is -2.29. The fraction of sp³-hybridized carbons (Fsp3) is 0.579. The lowest BCUT2D eigenvalue weighted by Gasteiger charge is -2.28. The van der Waals surface area contributed by atoms with E-state index in [0.29, 0.717) is 51.0 Å². The van der Waals surface area contributed by atoms with Crippen LogP contribution >= 0.6 is 0 Å². The number of benzene rings is 1. The van der Waals surface area contributed by atoms with Gasteiger partial charge in [-0.3, -0.25) is 4.79 Å². The van der Waals surface area contributed by atoms with E-state index in [1.54, 1.807) is 0 Å². The van der Waals surface area contributed by atoms with Crippen LogP contribution < -0.4 is 4.90 Å². The molecular weight excluding hydrogens is 375 g/mol. The van der Waals surface area contributed by atoms with Gasteiger partial charge in [-0.05, 0) is 37.5 Å². The number of ether oxygens (including phenoxy) is 1. The first-order valence-electron chi connectivity index (χ1n) is 9.51. The summed E-state index contributed by atoms with van der Waals surface area (Å²) in [6.07, 6.45) is -2.15. The van der Waals surface area contributed by atoms with Gasteiger partial charge < -0.3 is 19.0 Å². The Bertz CT molecular complexity index is 846. The van der Waals surface area contributed by atoms with Gasteiger partial charge in [-0.2, -0.15) is 18.2 Å². The van der Waals surface area contributed by atoms with Crippen molar-refractivity contribution in [1.82, 2.24) is 9.88 Å². The summed E-state index contributed by atoms with van der Waals surface area (Å²) < 4.78 is 49.7. The van der Waals surface area contributed by atoms with Gasteiger partial charge in [0.25, 0.3) is 6.01 Å². The summed E-state index contributed by atoms with van der Waals surface area (Å²) in [5.41, 5.74) is -0.240. The number of nitrogens with zero attached hydrogens (tertiary/aromatic N) is 3. The summed E-state index contributed by atoms with van der Waals surface area (Å²) in [6.45, 7) is 3.62. The molecule has 0 atom stereocenters. The standard InChI is InChI=1S/C19H22F3N3O3/c20-19(21,22)14-2-3-16-15(12-14)23-18(28-16)25-7-1-6-24(8-9-25)17(26)13-4-10-27-11-5-13/h2-3,12-13H,1,4-11H2. The van der Waals surface area contributed by atoms with E-state index in [9.17, 15) is 18.0 Å². The lowest BCUT2D eigenvalue weighted by Crippen LogP contribution is -2.40. The molecule has 2 aliphatic rings. The number of alkyl halides is 3. The molecule has 0 spiro atoms. The quantitative estimate of drug-likeness (QED) is 0.778. The van der Waals surface area contributed by atoms with Crippen molar-refractivity contribution in [2.45, 2.75) is 25.4 Å². The van der Waals surface area contributed by atoms with E-state index in [2.05, 4.69) is 4.98 Å². The predicted molar refractivity (Wildman–Crippen MR) is 96.0 cm³/mol. The second-order valence-electron chi connectivity index (χ2n) is 7.23. The zero-order valence-corrected chi connectivity index (χ0v) is 15.4. The van der Waals surface area contributed by atoms with Crippen LogP contribution in [0.4, 0.5) is 19.2 Å². The van der Waals surface area contributed by atoms with Crippen LogP contribution in [0, 0.1) is 5.92 Å². The Balaban J connectivity index is 1.46. The summed E-state index contributed by atoms with van der Waals surface area (Å²) >= 11 is 0. The van der Waals surface area contributed by atoms with Crippen LogP contribution in [0.25, 0.3) is 11.1 Å². The van der Waals surface area contributed by atoms with Crippen molar-refractivity contribution < 1.29 is 27.1 Å². The van der Waals surface area contributed by atoms with Gasteiger partial charge in [-0.1, -0.05) is 0 Å². The maximum Gasteiger partial charge on any atom is 0.416 e. The molecule has 6 nitrogen and oxygen atoms in total. The lowest BCUT2D eigenvalue weighted by atomic mass is 9.98. The molecule has 0 N–H and O–H groups in total. The maximum absolute atomic E-state index is 12.9. The molecule has 0 aliphatic carbocycles. The molecule has 4 rings (SSSR count). The molecule has 3 heterocycles. The number of fused-ring (bicyclic) bond motifs is 1. The van der Waals surface area contributed by atoms with Crippen molar-refractivity contribution in [2.75, 3.05) is 44.3 Å². The van der Waals surface area contributed by atoms with Crippen molar-refractivity contribution in [3.8, 4) is 0 Å². The molecule has 1 aromatic heterocycles. The Kier molecular flexibility index (Phi) is 5.18. The number of hydrogen-bond acceptors (Lipinski definition) is 5. The van der Waals surface area contributed by atoms with Crippen LogP contribution in [0.1, 0.15) is 24.8 Å². The van der Waals surface area contributed by atoms with E-state index in [-0.39, 0.29) is 17.3 Å². The highest BCUT2D eigenvalue weighted by atomic mass is 19.4. The second kappa shape index (κ2) is 7.62. The van der Waals surface area contributed by atoms with Gasteiger partial charge >= 0.3 is 6.18 Å². The van der Waals surface area contributed by atoms with Crippen molar-refractivity contribution in [3.05, 3.63) is 23.8 Å². The summed E-state index contributed by atoms with van der Waals surface area (Å²) in [7, 11) is 0. The van der Waals surface area contributed by atoms with Crippen molar-refractivity contribution in [3.63, 3.8) is 0 Å². The predicted octanol–water partition coefficient (Wildman–Crippen LogP) is 3.31. The normalized spacial score (nSPS) is 19.8. The van der Waals surface area contributed by atoms with Crippen LogP contribution in [0.5, 0.6) is 0 Å². The Labute approximate surface area is 160 Å². The van der Waals surface area contributed by atoms with Gasteiger partial charge in [-0.15, -0.1) is 0 Å². The SMILES string of the molecule is O=C(C1CCOCC1)N1CCCN(c2nc3cc(C(F)(F)F)ccc3o2)CC1. The molecular formula is C19H22F3N3O3. The molecule has 0 radical (unpaired) electrons. The second-order valence-corrected chi connectivity index (χ2v) is 7.23. The van der Waals surface area contributed by atoms with E-state index in [1.165, 1.54) is 6.07 Å². The minimum Gasteiger partial charge on any atom is -0.423 e. The van der Waals surface area contributed by atoms with E-state index < -0.39 is 11.7 Å². The number of oxazole rings is 1. The highest BCUT2D eigenvalue weighted by molar-refractivity contribution is 5.79. The van der Waals surface area contributed by atoms with Gasteiger partial charge in [0, 0.05) is 45.3 Å². The topological polar surface area (TPSA) is 58.8 Å². The number of hydrogen-bond donors (Lipinski definition) is 0. The summed E-state index contributed by atoms with van der Waals surface area (Å²) in [5, 5.41) is 0. The summed E-state index contributed by atoms with van der Waals surface area (Å²) in [6, 6.07) is 3.59. The van der Waals surface area contributed by atoms with E-state index in [1.807, 2.05) is 9.80 Å². The van der Waals surface area contributed by atoms with Gasteiger partial charge in [0.15, 0.2) is 5.58 Å². The molecule has 0 saturated carbocycles. The molecule has 2 saturated heterocycles. The summed E-state index contributed by atoms with van der Waals surface area (Å²) in [4.78, 5) is 20.7. The fourth-order valence-corrected chi connectivity index (χ4v) is 3.76. The zero-order valence-electron chi connectivity index (χ0n) is 15.4. The molecule has 2 fully saturated rings. The van der Waals surface area contributed by atoms with E-state index in [4.69, 9.17) is 9.15 Å². The van der Waals surface area contributed by atoms with Gasteiger partial charge in [0.05, 0.1) is 5.56 Å². The number of halogens is 3. The first-order chi connectivity index (χ1) is 13.4. The number of rotatable bonds is 2. The Morgan fingerprint density at radius 3 is 2.64 bits per heavy atom. The van der Waals surface area contributed by atoms with Gasteiger partial charge in [0.1, 0.15) is 5.52 Å². The first-order valence-corrected chi connectivity index (χ1v) is 9.51. The van der Waals surface area contributed by atoms with Crippen molar-refractivity contribution >= 4 is 23.0 Å². The third-order valence-corrected chi connectivity index (χ3v) is 5.35. The monoisotopic (exact) mass is 397 g/mol. The molecule has 152 valence electrons. The minimum absolute atomic E-state index is 0.0189. The minimum atomic E-state index is -4.42. The molecule has 2 aliphatic heterocycles. The smallest absolute Gasteiger partial charge is 0.416 e. The molecule has 28 heavy (non-hydrogen) atoms. The number of carbonyl (C=O) groups is 1. The fourth-order valence-electron chi connectivity index (χ4n) is 3.76. The Morgan fingerprint density at radius 1 is 1.11 bits per heavy atom. The molecule has 9 heteroatoms. The average Bonchev–Trinajstić information content (AvgIpc) is 2.96. The highest BCUT2D eigenvalue weighted by Gasteiger charge is 2.32. The van der Waals surface area contributed by atoms with Crippen LogP contribution in [-0.4, -0.2) is 55.2 Å². The van der Waals surface area contributed by atoms with Crippen molar-refractivity contribution in [2.24, 2.45) is 5.92 Å². The van der Waals surface area contributed by atoms with Crippen LogP contribution in [0.3, 0.4) is 0 Å². The number of anilines is 1. The molecule has 0 unspecified atom stereocenters. The number of amides is 1. The van der Waals surface area contributed by atoms with E-state index in [0.717, 1.165) is 31.4 Å². The largest absolute Gasteiger partial charge is 0.423 e. The number of carbonyl (C=O) groups excluding carboxylic acids is 1. The zero-order chi connectivity index (χ0) is 19.7. The van der Waals surface area contributed by atoms with Crippen LogP contribution in [-0.2, 0) is 15.7 Å².